The Bertz CT molecular complexity index is 1130. The number of hydrogen-bond acceptors (Lipinski definition) is 5. The lowest BCUT2D eigenvalue weighted by molar-refractivity contribution is -0.0199. The molecule has 1 aromatic heterocycles. The van der Waals surface area contributed by atoms with Gasteiger partial charge in [-0.25, -0.2) is 9.97 Å². The monoisotopic (exact) mass is 443 g/mol. The van der Waals surface area contributed by atoms with Crippen molar-refractivity contribution in [3.05, 3.63) is 41.6 Å². The van der Waals surface area contributed by atoms with Gasteiger partial charge in [0.05, 0.1) is 22.9 Å². The van der Waals surface area contributed by atoms with Gasteiger partial charge in [-0.05, 0) is 66.9 Å². The lowest BCUT2D eigenvalue weighted by Gasteiger charge is -2.49. The molecule has 2 N–H and O–H groups in total. The van der Waals surface area contributed by atoms with Crippen molar-refractivity contribution in [3.8, 4) is 17.3 Å². The van der Waals surface area contributed by atoms with Crippen LogP contribution in [-0.4, -0.2) is 28.0 Å². The van der Waals surface area contributed by atoms with Crippen molar-refractivity contribution in [1.29, 1.82) is 5.26 Å². The number of aromatic nitrogens is 2. The lowest BCUT2D eigenvalue weighted by atomic mass is 9.55. The Kier molecular flexibility index (Phi) is 5.00. The molecule has 2 aromatic rings. The second-order valence-corrected chi connectivity index (χ2v) is 11.0. The van der Waals surface area contributed by atoms with Crippen LogP contribution in [0.3, 0.4) is 0 Å². The van der Waals surface area contributed by atoms with Gasteiger partial charge in [0.2, 0.25) is 5.95 Å². The molecule has 6 unspecified atom stereocenters. The molecule has 0 aliphatic heterocycles. The van der Waals surface area contributed by atoms with Crippen LogP contribution < -0.4 is 10.6 Å². The van der Waals surface area contributed by atoms with Gasteiger partial charge >= 0.3 is 0 Å². The van der Waals surface area contributed by atoms with Crippen LogP contribution in [0.4, 0.5) is 5.95 Å². The van der Waals surface area contributed by atoms with Gasteiger partial charge in [0.15, 0.2) is 0 Å². The standard InChI is InChI=1S/C27H33N5O/c1-6-15(2)30-24(33)19-14-29-25(32-22(19)18-9-7-17(13-28)8-10-18)31-20-11-27-12-21(27)26(4,5)23(27)16(20)3/h7-10,14-16,20-21,23H,6,11-12H2,1-5H3,(H,30,33)(H,29,31,32). The van der Waals surface area contributed by atoms with E-state index in [-0.39, 0.29) is 11.9 Å². The maximum Gasteiger partial charge on any atom is 0.255 e. The molecule has 0 bridgehead atoms. The number of benzene rings is 1. The summed E-state index contributed by atoms with van der Waals surface area (Å²) < 4.78 is 0. The molecule has 0 radical (unpaired) electrons. The molecular formula is C27H33N5O. The van der Waals surface area contributed by atoms with Gasteiger partial charge < -0.3 is 10.6 Å². The molecular weight excluding hydrogens is 410 g/mol. The van der Waals surface area contributed by atoms with E-state index >= 15 is 0 Å². The van der Waals surface area contributed by atoms with Crippen LogP contribution in [0.15, 0.2) is 30.5 Å². The number of hydrogen-bond donors (Lipinski definition) is 2. The van der Waals surface area contributed by atoms with Gasteiger partial charge in [-0.2, -0.15) is 5.26 Å². The van der Waals surface area contributed by atoms with E-state index < -0.39 is 0 Å². The molecule has 3 aliphatic carbocycles. The van der Waals surface area contributed by atoms with E-state index in [1.54, 1.807) is 18.3 Å². The third-order valence-electron chi connectivity index (χ3n) is 8.82. The Labute approximate surface area is 196 Å². The van der Waals surface area contributed by atoms with Crippen molar-refractivity contribution in [2.24, 2.45) is 28.6 Å². The van der Waals surface area contributed by atoms with E-state index in [0.717, 1.165) is 23.8 Å². The second kappa shape index (κ2) is 7.55. The van der Waals surface area contributed by atoms with Crippen molar-refractivity contribution >= 4 is 11.9 Å². The first-order chi connectivity index (χ1) is 15.7. The van der Waals surface area contributed by atoms with Crippen molar-refractivity contribution in [3.63, 3.8) is 0 Å². The smallest absolute Gasteiger partial charge is 0.255 e. The number of carbonyl (C=O) groups excluding carboxylic acids is 1. The first kappa shape index (κ1) is 21.9. The van der Waals surface area contributed by atoms with E-state index in [2.05, 4.69) is 42.5 Å². The van der Waals surface area contributed by atoms with Gasteiger partial charge in [-0.1, -0.05) is 39.8 Å². The predicted molar refractivity (Wildman–Crippen MR) is 128 cm³/mol. The number of carbonyl (C=O) groups is 1. The van der Waals surface area contributed by atoms with Crippen molar-refractivity contribution in [2.45, 2.75) is 66.0 Å². The first-order valence-corrected chi connectivity index (χ1v) is 12.2. The minimum atomic E-state index is -0.177. The van der Waals surface area contributed by atoms with Crippen LogP contribution >= 0.6 is 0 Å². The summed E-state index contributed by atoms with van der Waals surface area (Å²) in [6.45, 7) is 11.2. The van der Waals surface area contributed by atoms with Crippen LogP contribution in [0.2, 0.25) is 0 Å². The Morgan fingerprint density at radius 3 is 2.61 bits per heavy atom. The molecule has 6 heteroatoms. The topological polar surface area (TPSA) is 90.7 Å². The minimum absolute atomic E-state index is 0.0630. The summed E-state index contributed by atoms with van der Waals surface area (Å²) in [5.41, 5.74) is 3.39. The number of nitrogens with one attached hydrogen (secondary N) is 2. The van der Waals surface area contributed by atoms with Crippen LogP contribution in [0, 0.1) is 39.9 Å². The Balaban J connectivity index is 1.44. The SMILES string of the molecule is CCC(C)NC(=O)c1cnc(NC2CC34CC3C(C)(C)C4C2C)nc1-c1ccc(C#N)cc1. The lowest BCUT2D eigenvalue weighted by Crippen LogP contribution is -2.45. The number of nitrogens with zero attached hydrogens (tertiary/aromatic N) is 3. The molecule has 3 fully saturated rings. The zero-order valence-electron chi connectivity index (χ0n) is 20.1. The normalized spacial score (nSPS) is 31.4. The Morgan fingerprint density at radius 1 is 1.27 bits per heavy atom. The van der Waals surface area contributed by atoms with Gasteiger partial charge in [0.1, 0.15) is 0 Å². The van der Waals surface area contributed by atoms with Crippen LogP contribution in [0.5, 0.6) is 0 Å². The summed E-state index contributed by atoms with van der Waals surface area (Å²) in [4.78, 5) is 22.4. The molecule has 33 heavy (non-hydrogen) atoms. The summed E-state index contributed by atoms with van der Waals surface area (Å²) in [6, 6.07) is 9.76. The highest BCUT2D eigenvalue weighted by molar-refractivity contribution is 6.00. The molecule has 6 atom stereocenters. The van der Waals surface area contributed by atoms with Crippen molar-refractivity contribution in [2.75, 3.05) is 5.32 Å². The Hall–Kier alpha value is -2.94. The van der Waals surface area contributed by atoms with Crippen LogP contribution in [-0.2, 0) is 0 Å². The van der Waals surface area contributed by atoms with Gasteiger partial charge in [-0.3, -0.25) is 4.79 Å². The number of nitriles is 1. The fraction of sp³-hybridized carbons (Fsp3) is 0.556. The first-order valence-electron chi connectivity index (χ1n) is 12.2. The summed E-state index contributed by atoms with van der Waals surface area (Å²) in [5.74, 6) is 2.58. The van der Waals surface area contributed by atoms with Gasteiger partial charge in [0, 0.05) is 23.8 Å². The third kappa shape index (κ3) is 3.32. The van der Waals surface area contributed by atoms with E-state index in [9.17, 15) is 4.79 Å². The molecule has 0 saturated heterocycles. The zero-order valence-corrected chi connectivity index (χ0v) is 20.1. The van der Waals surface area contributed by atoms with Crippen molar-refractivity contribution < 1.29 is 4.79 Å². The molecule has 6 nitrogen and oxygen atoms in total. The highest BCUT2D eigenvalue weighted by Gasteiger charge is 2.81. The average Bonchev–Trinajstić information content (AvgIpc) is 3.41. The van der Waals surface area contributed by atoms with Gasteiger partial charge in [-0.15, -0.1) is 0 Å². The van der Waals surface area contributed by atoms with E-state index in [1.807, 2.05) is 26.0 Å². The van der Waals surface area contributed by atoms with Crippen molar-refractivity contribution in [1.82, 2.24) is 15.3 Å². The highest BCUT2D eigenvalue weighted by atomic mass is 16.1. The number of anilines is 1. The molecule has 1 aromatic carbocycles. The average molecular weight is 444 g/mol. The van der Waals surface area contributed by atoms with E-state index in [1.165, 1.54) is 12.8 Å². The van der Waals surface area contributed by atoms with Crippen LogP contribution in [0.25, 0.3) is 11.3 Å². The second-order valence-electron chi connectivity index (χ2n) is 11.0. The Morgan fingerprint density at radius 2 is 2.00 bits per heavy atom. The summed E-state index contributed by atoms with van der Waals surface area (Å²) in [5, 5.41) is 15.8. The minimum Gasteiger partial charge on any atom is -0.351 e. The maximum atomic E-state index is 13.0. The fourth-order valence-corrected chi connectivity index (χ4v) is 7.20. The molecule has 3 aliphatic rings. The quantitative estimate of drug-likeness (QED) is 0.654. The van der Waals surface area contributed by atoms with E-state index in [0.29, 0.717) is 45.6 Å². The third-order valence-corrected chi connectivity index (χ3v) is 8.82. The summed E-state index contributed by atoms with van der Waals surface area (Å²) in [7, 11) is 0. The number of rotatable bonds is 6. The summed E-state index contributed by atoms with van der Waals surface area (Å²) in [6.07, 6.45) is 5.02. The maximum absolute atomic E-state index is 13.0. The highest BCUT2D eigenvalue weighted by Crippen LogP contribution is 2.86. The fourth-order valence-electron chi connectivity index (χ4n) is 7.20. The summed E-state index contributed by atoms with van der Waals surface area (Å²) >= 11 is 0. The molecule has 5 rings (SSSR count). The predicted octanol–water partition coefficient (Wildman–Crippen LogP) is 5.03. The van der Waals surface area contributed by atoms with Gasteiger partial charge in [0.25, 0.3) is 5.91 Å². The zero-order chi connectivity index (χ0) is 23.5. The molecule has 1 amide bonds. The number of amides is 1. The van der Waals surface area contributed by atoms with E-state index in [4.69, 9.17) is 10.2 Å². The largest absolute Gasteiger partial charge is 0.351 e. The van der Waals surface area contributed by atoms with Crippen LogP contribution in [0.1, 0.15) is 69.8 Å². The molecule has 1 heterocycles. The molecule has 3 saturated carbocycles. The molecule has 172 valence electrons. The molecule has 1 spiro atoms.